The lowest BCUT2D eigenvalue weighted by atomic mass is 10.0. The van der Waals surface area contributed by atoms with Crippen LogP contribution < -0.4 is 0 Å². The molecular weight excluding hydrogens is 217 g/mol. The van der Waals surface area contributed by atoms with Gasteiger partial charge in [0.05, 0.1) is 5.69 Å². The van der Waals surface area contributed by atoms with E-state index in [-0.39, 0.29) is 11.6 Å². The molecule has 1 aromatic heterocycles. The van der Waals surface area contributed by atoms with Gasteiger partial charge in [0.15, 0.2) is 5.78 Å². The highest BCUT2D eigenvalue weighted by Crippen LogP contribution is 2.21. The fraction of sp³-hybridized carbons (Fsp3) is 0.143. The Morgan fingerprint density at radius 3 is 2.41 bits per heavy atom. The summed E-state index contributed by atoms with van der Waals surface area (Å²) in [6.45, 7) is 3.39. The topological polar surface area (TPSA) is 30.0 Å². The van der Waals surface area contributed by atoms with Crippen LogP contribution in [0.5, 0.6) is 0 Å². The van der Waals surface area contributed by atoms with E-state index in [0.717, 1.165) is 16.8 Å². The first-order valence-electron chi connectivity index (χ1n) is 5.31. The highest BCUT2D eigenvalue weighted by atomic mass is 19.1. The smallest absolute Gasteiger partial charge is 0.161 e. The summed E-state index contributed by atoms with van der Waals surface area (Å²) in [4.78, 5) is 15.5. The van der Waals surface area contributed by atoms with Gasteiger partial charge in [-0.15, -0.1) is 0 Å². The number of benzene rings is 1. The van der Waals surface area contributed by atoms with Crippen molar-refractivity contribution in [3.8, 4) is 11.3 Å². The van der Waals surface area contributed by atoms with Gasteiger partial charge in [0, 0.05) is 17.3 Å². The van der Waals surface area contributed by atoms with Gasteiger partial charge in [-0.1, -0.05) is 0 Å². The van der Waals surface area contributed by atoms with Gasteiger partial charge in [-0.2, -0.15) is 0 Å². The SMILES string of the molecule is CC(=O)c1cnc(-c2ccc(F)cc2)c(C)c1. The fourth-order valence-corrected chi connectivity index (χ4v) is 1.68. The minimum Gasteiger partial charge on any atom is -0.294 e. The molecule has 0 bridgehead atoms. The molecule has 0 saturated heterocycles. The van der Waals surface area contributed by atoms with Crippen LogP contribution >= 0.6 is 0 Å². The van der Waals surface area contributed by atoms with Crippen LogP contribution in [0.3, 0.4) is 0 Å². The van der Waals surface area contributed by atoms with Crippen molar-refractivity contribution in [3.05, 3.63) is 53.5 Å². The summed E-state index contributed by atoms with van der Waals surface area (Å²) >= 11 is 0. The van der Waals surface area contributed by atoms with Gasteiger partial charge in [-0.25, -0.2) is 4.39 Å². The lowest BCUT2D eigenvalue weighted by molar-refractivity contribution is 0.101. The van der Waals surface area contributed by atoms with E-state index in [4.69, 9.17) is 0 Å². The third kappa shape index (κ3) is 2.38. The Bertz CT molecular complexity index is 561. The van der Waals surface area contributed by atoms with Crippen LogP contribution in [-0.2, 0) is 0 Å². The highest BCUT2D eigenvalue weighted by Gasteiger charge is 2.07. The van der Waals surface area contributed by atoms with Gasteiger partial charge >= 0.3 is 0 Å². The van der Waals surface area contributed by atoms with E-state index < -0.39 is 0 Å². The van der Waals surface area contributed by atoms with Crippen molar-refractivity contribution >= 4 is 5.78 Å². The zero-order valence-electron chi connectivity index (χ0n) is 9.70. The molecule has 0 amide bonds. The number of halogens is 1. The molecule has 0 N–H and O–H groups in total. The Morgan fingerprint density at radius 1 is 1.24 bits per heavy atom. The predicted molar refractivity (Wildman–Crippen MR) is 64.4 cm³/mol. The molecule has 1 heterocycles. The van der Waals surface area contributed by atoms with E-state index in [1.807, 2.05) is 6.92 Å². The number of hydrogen-bond acceptors (Lipinski definition) is 2. The number of Topliss-reactive ketones (excluding diaryl/α,β-unsaturated/α-hetero) is 1. The Labute approximate surface area is 99.1 Å². The second-order valence-electron chi connectivity index (χ2n) is 3.95. The fourth-order valence-electron chi connectivity index (χ4n) is 1.68. The van der Waals surface area contributed by atoms with Gasteiger partial charge in [0.1, 0.15) is 5.82 Å². The molecule has 0 fully saturated rings. The van der Waals surface area contributed by atoms with E-state index in [2.05, 4.69) is 4.98 Å². The molecule has 0 unspecified atom stereocenters. The molecular formula is C14H12FNO. The summed E-state index contributed by atoms with van der Waals surface area (Å²) in [5, 5.41) is 0. The molecule has 0 aliphatic rings. The van der Waals surface area contributed by atoms with Gasteiger partial charge in [0.2, 0.25) is 0 Å². The Morgan fingerprint density at radius 2 is 1.88 bits per heavy atom. The van der Waals surface area contributed by atoms with Crippen molar-refractivity contribution in [1.82, 2.24) is 4.98 Å². The van der Waals surface area contributed by atoms with E-state index in [1.54, 1.807) is 24.4 Å². The van der Waals surface area contributed by atoms with Gasteiger partial charge in [0.25, 0.3) is 0 Å². The minimum absolute atomic E-state index is 0.00810. The third-order valence-electron chi connectivity index (χ3n) is 2.60. The first kappa shape index (κ1) is 11.5. The number of carbonyl (C=O) groups is 1. The van der Waals surface area contributed by atoms with Crippen LogP contribution in [-0.4, -0.2) is 10.8 Å². The minimum atomic E-state index is -0.272. The van der Waals surface area contributed by atoms with Crippen molar-refractivity contribution in [2.45, 2.75) is 13.8 Å². The number of pyridine rings is 1. The number of carbonyl (C=O) groups excluding carboxylic acids is 1. The standard InChI is InChI=1S/C14H12FNO/c1-9-7-12(10(2)17)8-16-14(9)11-3-5-13(15)6-4-11/h3-8H,1-2H3. The van der Waals surface area contributed by atoms with Gasteiger partial charge in [-0.3, -0.25) is 9.78 Å². The molecule has 0 aliphatic carbocycles. The number of rotatable bonds is 2. The van der Waals surface area contributed by atoms with Crippen LogP contribution in [0, 0.1) is 12.7 Å². The number of aryl methyl sites for hydroxylation is 1. The van der Waals surface area contributed by atoms with Crippen molar-refractivity contribution in [2.75, 3.05) is 0 Å². The maximum absolute atomic E-state index is 12.8. The molecule has 2 rings (SSSR count). The van der Waals surface area contributed by atoms with Gasteiger partial charge < -0.3 is 0 Å². The van der Waals surface area contributed by atoms with Crippen molar-refractivity contribution in [2.24, 2.45) is 0 Å². The summed E-state index contributed by atoms with van der Waals surface area (Å²) in [6.07, 6.45) is 1.55. The summed E-state index contributed by atoms with van der Waals surface area (Å²) in [6, 6.07) is 7.95. The lowest BCUT2D eigenvalue weighted by Crippen LogP contribution is -1.97. The maximum atomic E-state index is 12.8. The first-order valence-corrected chi connectivity index (χ1v) is 5.31. The van der Waals surface area contributed by atoms with Crippen LogP contribution in [0.2, 0.25) is 0 Å². The van der Waals surface area contributed by atoms with Crippen LogP contribution in [0.4, 0.5) is 4.39 Å². The number of nitrogens with zero attached hydrogens (tertiary/aromatic N) is 1. The summed E-state index contributed by atoms with van der Waals surface area (Å²) < 4.78 is 12.8. The molecule has 0 saturated carbocycles. The number of ketones is 1. The molecule has 17 heavy (non-hydrogen) atoms. The Kier molecular flexibility index (Phi) is 3.00. The van der Waals surface area contributed by atoms with Crippen molar-refractivity contribution in [3.63, 3.8) is 0 Å². The average Bonchev–Trinajstić information content (AvgIpc) is 2.30. The van der Waals surface area contributed by atoms with Crippen LogP contribution in [0.25, 0.3) is 11.3 Å². The largest absolute Gasteiger partial charge is 0.294 e. The zero-order chi connectivity index (χ0) is 12.4. The second kappa shape index (κ2) is 4.45. The lowest BCUT2D eigenvalue weighted by Gasteiger charge is -2.06. The predicted octanol–water partition coefficient (Wildman–Crippen LogP) is 3.40. The van der Waals surface area contributed by atoms with Crippen LogP contribution in [0.15, 0.2) is 36.5 Å². The van der Waals surface area contributed by atoms with Crippen molar-refractivity contribution in [1.29, 1.82) is 0 Å². The van der Waals surface area contributed by atoms with E-state index in [1.165, 1.54) is 19.1 Å². The molecule has 0 aliphatic heterocycles. The van der Waals surface area contributed by atoms with Gasteiger partial charge in [-0.05, 0) is 49.7 Å². The molecule has 1 aromatic carbocycles. The number of hydrogen-bond donors (Lipinski definition) is 0. The van der Waals surface area contributed by atoms with E-state index in [0.29, 0.717) is 5.56 Å². The highest BCUT2D eigenvalue weighted by molar-refractivity contribution is 5.94. The Hall–Kier alpha value is -2.03. The molecule has 2 aromatic rings. The quantitative estimate of drug-likeness (QED) is 0.739. The summed E-state index contributed by atoms with van der Waals surface area (Å²) in [5.74, 6) is -0.280. The van der Waals surface area contributed by atoms with Crippen LogP contribution in [0.1, 0.15) is 22.8 Å². The number of aromatic nitrogens is 1. The third-order valence-corrected chi connectivity index (χ3v) is 2.60. The van der Waals surface area contributed by atoms with E-state index in [9.17, 15) is 9.18 Å². The molecule has 2 nitrogen and oxygen atoms in total. The van der Waals surface area contributed by atoms with E-state index >= 15 is 0 Å². The normalized spacial score (nSPS) is 10.3. The monoisotopic (exact) mass is 229 g/mol. The summed E-state index contributed by atoms with van der Waals surface area (Å²) in [5.41, 5.74) is 3.12. The molecule has 86 valence electrons. The average molecular weight is 229 g/mol. The second-order valence-corrected chi connectivity index (χ2v) is 3.95. The zero-order valence-corrected chi connectivity index (χ0v) is 9.70. The maximum Gasteiger partial charge on any atom is 0.161 e. The Balaban J connectivity index is 2.46. The first-order chi connectivity index (χ1) is 8.08. The summed E-state index contributed by atoms with van der Waals surface area (Å²) in [7, 11) is 0. The van der Waals surface area contributed by atoms with Crippen molar-refractivity contribution < 1.29 is 9.18 Å². The molecule has 0 atom stereocenters. The molecule has 3 heteroatoms. The molecule has 0 radical (unpaired) electrons. The molecule has 0 spiro atoms.